The number of para-hydroxylation sites is 1. The van der Waals surface area contributed by atoms with E-state index in [0.29, 0.717) is 0 Å². The van der Waals surface area contributed by atoms with Gasteiger partial charge in [0.2, 0.25) is 0 Å². The van der Waals surface area contributed by atoms with Gasteiger partial charge in [-0.3, -0.25) is 4.68 Å². The second-order valence-electron chi connectivity index (χ2n) is 4.51. The average molecular weight is 322 g/mol. The standard InChI is InChI=1S/C13H15BF3N2O.K/c1-3-10-8-11(19(2)18-10)9-20-13-7-5-4-6-12(13)14(15,16)17;/h4-8H,3,9H2,1-2H3;/q-1;+1. The monoisotopic (exact) mass is 322 g/mol. The molecule has 108 valence electrons. The van der Waals surface area contributed by atoms with Crippen LogP contribution >= 0.6 is 0 Å². The van der Waals surface area contributed by atoms with Gasteiger partial charge in [-0.1, -0.05) is 30.6 Å². The Bertz CT molecular complexity index is 601. The summed E-state index contributed by atoms with van der Waals surface area (Å²) in [6, 6.07) is 7.09. The minimum atomic E-state index is -5.08. The first-order chi connectivity index (χ1) is 9.41. The van der Waals surface area contributed by atoms with Crippen molar-refractivity contribution in [3.05, 3.63) is 41.7 Å². The Labute approximate surface area is 164 Å². The number of halogens is 3. The Morgan fingerprint density at radius 3 is 2.48 bits per heavy atom. The van der Waals surface area contributed by atoms with Crippen LogP contribution in [0.5, 0.6) is 5.75 Å². The Morgan fingerprint density at radius 2 is 1.90 bits per heavy atom. The summed E-state index contributed by atoms with van der Waals surface area (Å²) in [4.78, 5) is 0. The van der Waals surface area contributed by atoms with Crippen molar-refractivity contribution in [2.75, 3.05) is 0 Å². The van der Waals surface area contributed by atoms with Gasteiger partial charge in [0.25, 0.3) is 0 Å². The molecule has 0 amide bonds. The van der Waals surface area contributed by atoms with Crippen LogP contribution in [0.2, 0.25) is 0 Å². The number of hydrogen-bond donors (Lipinski definition) is 0. The molecule has 1 aromatic carbocycles. The molecule has 2 aromatic rings. The largest absolute Gasteiger partial charge is 1.00 e. The van der Waals surface area contributed by atoms with Crippen molar-refractivity contribution in [1.82, 2.24) is 9.78 Å². The summed E-state index contributed by atoms with van der Waals surface area (Å²) in [7, 11) is 1.75. The fourth-order valence-corrected chi connectivity index (χ4v) is 1.91. The second-order valence-corrected chi connectivity index (χ2v) is 4.51. The molecule has 1 heterocycles. The number of benzene rings is 1. The fourth-order valence-electron chi connectivity index (χ4n) is 1.91. The molecule has 0 spiro atoms. The Morgan fingerprint density at radius 1 is 1.24 bits per heavy atom. The van der Waals surface area contributed by atoms with E-state index in [1.807, 2.05) is 13.0 Å². The smallest absolute Gasteiger partial charge is 0.490 e. The molecule has 0 aliphatic heterocycles. The third-order valence-corrected chi connectivity index (χ3v) is 3.04. The molecule has 3 nitrogen and oxygen atoms in total. The number of hydrogen-bond acceptors (Lipinski definition) is 2. The van der Waals surface area contributed by atoms with E-state index in [9.17, 15) is 12.9 Å². The molecular weight excluding hydrogens is 307 g/mol. The molecule has 0 unspecified atom stereocenters. The van der Waals surface area contributed by atoms with Crippen LogP contribution in [0.1, 0.15) is 18.3 Å². The molecule has 8 heteroatoms. The third kappa shape index (κ3) is 4.85. The van der Waals surface area contributed by atoms with Crippen molar-refractivity contribution in [3.8, 4) is 5.75 Å². The molecule has 0 saturated heterocycles. The molecule has 0 N–H and O–H groups in total. The molecule has 2 rings (SSSR count). The molecule has 0 bridgehead atoms. The summed E-state index contributed by atoms with van der Waals surface area (Å²) < 4.78 is 45.6. The molecule has 0 saturated carbocycles. The topological polar surface area (TPSA) is 27.1 Å². The van der Waals surface area contributed by atoms with E-state index in [4.69, 9.17) is 4.74 Å². The van der Waals surface area contributed by atoms with Crippen LogP contribution in [0.4, 0.5) is 12.9 Å². The zero-order valence-electron chi connectivity index (χ0n) is 12.3. The van der Waals surface area contributed by atoms with E-state index in [0.717, 1.165) is 23.9 Å². The molecule has 1 aromatic heterocycles. The summed E-state index contributed by atoms with van der Waals surface area (Å²) in [6.45, 7) is -3.05. The van der Waals surface area contributed by atoms with E-state index < -0.39 is 12.4 Å². The third-order valence-electron chi connectivity index (χ3n) is 3.04. The van der Waals surface area contributed by atoms with Crippen molar-refractivity contribution in [1.29, 1.82) is 0 Å². The van der Waals surface area contributed by atoms with Gasteiger partial charge in [0.1, 0.15) is 6.61 Å². The van der Waals surface area contributed by atoms with E-state index in [-0.39, 0.29) is 63.7 Å². The van der Waals surface area contributed by atoms with Gasteiger partial charge in [0.05, 0.1) is 17.1 Å². The summed E-state index contributed by atoms with van der Waals surface area (Å²) in [5.41, 5.74) is 0.927. The van der Waals surface area contributed by atoms with Crippen LogP contribution in [-0.4, -0.2) is 16.8 Å². The van der Waals surface area contributed by atoms with Crippen LogP contribution in [0.3, 0.4) is 0 Å². The van der Waals surface area contributed by atoms with Gasteiger partial charge in [-0.05, 0) is 18.6 Å². The summed E-state index contributed by atoms with van der Waals surface area (Å²) in [5, 5.41) is 4.23. The van der Waals surface area contributed by atoms with E-state index in [2.05, 4.69) is 5.10 Å². The Balaban J connectivity index is 0.00000220. The number of rotatable bonds is 5. The first-order valence-electron chi connectivity index (χ1n) is 6.35. The summed E-state index contributed by atoms with van der Waals surface area (Å²) in [6.07, 6.45) is 0.774. The van der Waals surface area contributed by atoms with Gasteiger partial charge in [-0.2, -0.15) is 5.10 Å². The number of nitrogens with zero attached hydrogens (tertiary/aromatic N) is 2. The minimum Gasteiger partial charge on any atom is -0.490 e. The predicted molar refractivity (Wildman–Crippen MR) is 72.1 cm³/mol. The number of ether oxygens (including phenoxy) is 1. The number of aromatic nitrogens is 2. The molecular formula is C13H15BF3KN2O. The second kappa shape index (κ2) is 7.82. The van der Waals surface area contributed by atoms with Crippen LogP contribution < -0.4 is 61.6 Å². The molecule has 0 radical (unpaired) electrons. The van der Waals surface area contributed by atoms with Crippen molar-refractivity contribution in [2.24, 2.45) is 7.05 Å². The SMILES string of the molecule is CCc1cc(COc2ccccc2[B-](F)(F)F)n(C)n1.[K+]. The van der Waals surface area contributed by atoms with Crippen LogP contribution in [0.15, 0.2) is 30.3 Å². The zero-order chi connectivity index (χ0) is 14.8. The van der Waals surface area contributed by atoms with Gasteiger partial charge >= 0.3 is 58.4 Å². The van der Waals surface area contributed by atoms with E-state index >= 15 is 0 Å². The summed E-state index contributed by atoms with van der Waals surface area (Å²) in [5.74, 6) is -0.140. The van der Waals surface area contributed by atoms with Gasteiger partial charge < -0.3 is 17.7 Å². The van der Waals surface area contributed by atoms with Crippen molar-refractivity contribution in [2.45, 2.75) is 20.0 Å². The van der Waals surface area contributed by atoms with Crippen LogP contribution in [0.25, 0.3) is 0 Å². The molecule has 21 heavy (non-hydrogen) atoms. The average Bonchev–Trinajstić information content (AvgIpc) is 2.76. The Hall–Kier alpha value is -0.279. The van der Waals surface area contributed by atoms with Gasteiger partial charge in [0.15, 0.2) is 0 Å². The first-order valence-corrected chi connectivity index (χ1v) is 6.35. The van der Waals surface area contributed by atoms with Gasteiger partial charge in [-0.25, -0.2) is 0 Å². The predicted octanol–water partition coefficient (Wildman–Crippen LogP) is -0.380. The maximum Gasteiger partial charge on any atom is 1.00 e. The van der Waals surface area contributed by atoms with Crippen molar-refractivity contribution in [3.63, 3.8) is 0 Å². The van der Waals surface area contributed by atoms with E-state index in [1.165, 1.54) is 18.2 Å². The fraction of sp³-hybridized carbons (Fsp3) is 0.308. The minimum absolute atomic E-state index is 0. The molecule has 0 aliphatic carbocycles. The normalized spacial score (nSPS) is 11.1. The quantitative estimate of drug-likeness (QED) is 0.702. The van der Waals surface area contributed by atoms with Gasteiger partial charge in [-0.15, -0.1) is 0 Å². The van der Waals surface area contributed by atoms with Crippen molar-refractivity contribution >= 4 is 12.4 Å². The first kappa shape index (κ1) is 18.8. The summed E-state index contributed by atoms with van der Waals surface area (Å²) >= 11 is 0. The van der Waals surface area contributed by atoms with Crippen LogP contribution in [0, 0.1) is 0 Å². The maximum absolute atomic E-state index is 12.9. The molecule has 0 atom stereocenters. The maximum atomic E-state index is 12.9. The molecule has 0 aliphatic rings. The molecule has 0 fully saturated rings. The van der Waals surface area contributed by atoms with E-state index in [1.54, 1.807) is 11.7 Å². The van der Waals surface area contributed by atoms with Gasteiger partial charge in [0, 0.05) is 7.05 Å². The number of aryl methyl sites for hydroxylation is 2. The van der Waals surface area contributed by atoms with Crippen LogP contribution in [-0.2, 0) is 20.1 Å². The van der Waals surface area contributed by atoms with Crippen molar-refractivity contribution < 1.29 is 69.1 Å². The Kier molecular flexibility index (Phi) is 6.99. The zero-order valence-corrected chi connectivity index (χ0v) is 15.4.